The quantitative estimate of drug-likeness (QED) is 0.761. The SMILES string of the molecule is COc1ccccc1CCNC(=O)CN1CC(O)C1. The van der Waals surface area contributed by atoms with Crippen LogP contribution in [0.25, 0.3) is 0 Å². The molecule has 1 fully saturated rings. The van der Waals surface area contributed by atoms with E-state index in [1.54, 1.807) is 7.11 Å². The van der Waals surface area contributed by atoms with Gasteiger partial charge in [0.1, 0.15) is 5.75 Å². The van der Waals surface area contributed by atoms with Gasteiger partial charge < -0.3 is 15.2 Å². The van der Waals surface area contributed by atoms with Crippen LogP contribution in [-0.2, 0) is 11.2 Å². The lowest BCUT2D eigenvalue weighted by molar-refractivity contribution is -0.124. The minimum absolute atomic E-state index is 0.00166. The van der Waals surface area contributed by atoms with Crippen LogP contribution >= 0.6 is 0 Å². The molecule has 5 nitrogen and oxygen atoms in total. The zero-order chi connectivity index (χ0) is 13.7. The van der Waals surface area contributed by atoms with E-state index in [0.29, 0.717) is 26.2 Å². The highest BCUT2D eigenvalue weighted by molar-refractivity contribution is 5.78. The summed E-state index contributed by atoms with van der Waals surface area (Å²) in [6.45, 7) is 2.15. The highest BCUT2D eigenvalue weighted by Gasteiger charge is 2.25. The zero-order valence-electron chi connectivity index (χ0n) is 11.1. The van der Waals surface area contributed by atoms with E-state index in [-0.39, 0.29) is 12.0 Å². The lowest BCUT2D eigenvalue weighted by atomic mass is 10.1. The van der Waals surface area contributed by atoms with Crippen LogP contribution < -0.4 is 10.1 Å². The predicted molar refractivity (Wildman–Crippen MR) is 72.2 cm³/mol. The van der Waals surface area contributed by atoms with Crippen molar-refractivity contribution in [2.45, 2.75) is 12.5 Å². The van der Waals surface area contributed by atoms with Crippen molar-refractivity contribution in [2.75, 3.05) is 33.3 Å². The van der Waals surface area contributed by atoms with Gasteiger partial charge in [0.05, 0.1) is 19.8 Å². The number of amides is 1. The Morgan fingerprint density at radius 1 is 1.47 bits per heavy atom. The van der Waals surface area contributed by atoms with Crippen molar-refractivity contribution in [2.24, 2.45) is 0 Å². The topological polar surface area (TPSA) is 61.8 Å². The van der Waals surface area contributed by atoms with Crippen molar-refractivity contribution in [3.63, 3.8) is 0 Å². The van der Waals surface area contributed by atoms with Gasteiger partial charge in [-0.3, -0.25) is 9.69 Å². The summed E-state index contributed by atoms with van der Waals surface area (Å²) in [5.41, 5.74) is 1.09. The van der Waals surface area contributed by atoms with E-state index < -0.39 is 0 Å². The van der Waals surface area contributed by atoms with Crippen molar-refractivity contribution >= 4 is 5.91 Å². The summed E-state index contributed by atoms with van der Waals surface area (Å²) in [5.74, 6) is 0.851. The highest BCUT2D eigenvalue weighted by Crippen LogP contribution is 2.17. The number of ether oxygens (including phenoxy) is 1. The predicted octanol–water partition coefficient (Wildman–Crippen LogP) is 0.0304. The Kier molecular flexibility index (Phi) is 4.76. The number of para-hydroxylation sites is 1. The van der Waals surface area contributed by atoms with E-state index in [1.165, 1.54) is 0 Å². The number of nitrogens with zero attached hydrogens (tertiary/aromatic N) is 1. The van der Waals surface area contributed by atoms with E-state index in [0.717, 1.165) is 17.7 Å². The van der Waals surface area contributed by atoms with Crippen LogP contribution in [0.1, 0.15) is 5.56 Å². The molecule has 2 rings (SSSR count). The van der Waals surface area contributed by atoms with Gasteiger partial charge in [0, 0.05) is 19.6 Å². The van der Waals surface area contributed by atoms with E-state index in [2.05, 4.69) is 5.32 Å². The van der Waals surface area contributed by atoms with E-state index in [9.17, 15) is 4.79 Å². The van der Waals surface area contributed by atoms with Gasteiger partial charge in [-0.25, -0.2) is 0 Å². The molecule has 19 heavy (non-hydrogen) atoms. The monoisotopic (exact) mass is 264 g/mol. The minimum atomic E-state index is -0.263. The molecular formula is C14H20N2O3. The molecular weight excluding hydrogens is 244 g/mol. The Hall–Kier alpha value is -1.59. The zero-order valence-corrected chi connectivity index (χ0v) is 11.1. The van der Waals surface area contributed by atoms with E-state index in [4.69, 9.17) is 9.84 Å². The summed E-state index contributed by atoms with van der Waals surface area (Å²) in [4.78, 5) is 13.6. The molecule has 104 valence electrons. The van der Waals surface area contributed by atoms with Crippen molar-refractivity contribution in [1.29, 1.82) is 0 Å². The summed E-state index contributed by atoms with van der Waals surface area (Å²) < 4.78 is 5.26. The molecule has 0 bridgehead atoms. The molecule has 0 atom stereocenters. The molecule has 0 aliphatic carbocycles. The van der Waals surface area contributed by atoms with Crippen LogP contribution in [-0.4, -0.2) is 55.3 Å². The molecule has 1 aliphatic rings. The van der Waals surface area contributed by atoms with Crippen LogP contribution in [0.5, 0.6) is 5.75 Å². The first-order chi connectivity index (χ1) is 9.19. The lowest BCUT2D eigenvalue weighted by Crippen LogP contribution is -2.54. The summed E-state index contributed by atoms with van der Waals surface area (Å²) in [5, 5.41) is 12.0. The molecule has 0 aromatic heterocycles. The fraction of sp³-hybridized carbons (Fsp3) is 0.500. The number of aliphatic hydroxyl groups is 1. The van der Waals surface area contributed by atoms with Gasteiger partial charge in [-0.2, -0.15) is 0 Å². The number of carbonyl (C=O) groups excluding carboxylic acids is 1. The maximum absolute atomic E-state index is 11.6. The smallest absolute Gasteiger partial charge is 0.234 e. The number of carbonyl (C=O) groups is 1. The average molecular weight is 264 g/mol. The maximum atomic E-state index is 11.6. The maximum Gasteiger partial charge on any atom is 0.234 e. The van der Waals surface area contributed by atoms with Gasteiger partial charge in [0.25, 0.3) is 0 Å². The second kappa shape index (κ2) is 6.54. The Morgan fingerprint density at radius 2 is 2.21 bits per heavy atom. The number of likely N-dealkylation sites (tertiary alicyclic amines) is 1. The number of hydrogen-bond acceptors (Lipinski definition) is 4. The number of rotatable bonds is 6. The van der Waals surface area contributed by atoms with Gasteiger partial charge in [-0.15, -0.1) is 0 Å². The van der Waals surface area contributed by atoms with Crippen molar-refractivity contribution in [1.82, 2.24) is 10.2 Å². The molecule has 1 aromatic carbocycles. The van der Waals surface area contributed by atoms with Gasteiger partial charge in [-0.05, 0) is 18.1 Å². The van der Waals surface area contributed by atoms with Crippen LogP contribution in [0.15, 0.2) is 24.3 Å². The Labute approximate surface area is 113 Å². The molecule has 0 saturated carbocycles. The largest absolute Gasteiger partial charge is 0.496 e. The first kappa shape index (κ1) is 13.8. The molecule has 0 radical (unpaired) electrons. The second-order valence-electron chi connectivity index (χ2n) is 4.76. The fourth-order valence-corrected chi connectivity index (χ4v) is 2.18. The van der Waals surface area contributed by atoms with Gasteiger partial charge in [-0.1, -0.05) is 18.2 Å². The van der Waals surface area contributed by atoms with E-state index >= 15 is 0 Å². The van der Waals surface area contributed by atoms with Crippen molar-refractivity contribution < 1.29 is 14.6 Å². The van der Waals surface area contributed by atoms with Crippen molar-refractivity contribution in [3.8, 4) is 5.75 Å². The standard InChI is InChI=1S/C14H20N2O3/c1-19-13-5-3-2-4-11(13)6-7-15-14(18)10-16-8-12(17)9-16/h2-5,12,17H,6-10H2,1H3,(H,15,18). The van der Waals surface area contributed by atoms with Crippen molar-refractivity contribution in [3.05, 3.63) is 29.8 Å². The van der Waals surface area contributed by atoms with Crippen LogP contribution in [0.3, 0.4) is 0 Å². The number of benzene rings is 1. The summed E-state index contributed by atoms with van der Waals surface area (Å²) in [6, 6.07) is 7.80. The van der Waals surface area contributed by atoms with Gasteiger partial charge in [0.15, 0.2) is 0 Å². The van der Waals surface area contributed by atoms with E-state index in [1.807, 2.05) is 29.2 Å². The molecule has 1 aromatic rings. The Morgan fingerprint density at radius 3 is 2.89 bits per heavy atom. The number of β-amino-alcohol motifs (C(OH)–C–C–N with tert-alkyl or cyclic N) is 1. The van der Waals surface area contributed by atoms with Crippen LogP contribution in [0.4, 0.5) is 0 Å². The third kappa shape index (κ3) is 3.94. The summed E-state index contributed by atoms with van der Waals surface area (Å²) in [7, 11) is 1.65. The van der Waals surface area contributed by atoms with Crippen LogP contribution in [0, 0.1) is 0 Å². The molecule has 0 unspecified atom stereocenters. The Bertz CT molecular complexity index is 430. The lowest BCUT2D eigenvalue weighted by Gasteiger charge is -2.35. The summed E-state index contributed by atoms with van der Waals surface area (Å²) in [6.07, 6.45) is 0.486. The molecule has 0 spiro atoms. The number of methoxy groups -OCH3 is 1. The molecule has 2 N–H and O–H groups in total. The highest BCUT2D eigenvalue weighted by atomic mass is 16.5. The number of hydrogen-bond donors (Lipinski definition) is 2. The first-order valence-corrected chi connectivity index (χ1v) is 6.48. The minimum Gasteiger partial charge on any atom is -0.496 e. The second-order valence-corrected chi connectivity index (χ2v) is 4.76. The third-order valence-electron chi connectivity index (χ3n) is 3.21. The average Bonchev–Trinajstić information content (AvgIpc) is 2.37. The van der Waals surface area contributed by atoms with Gasteiger partial charge >= 0.3 is 0 Å². The third-order valence-corrected chi connectivity index (χ3v) is 3.21. The normalized spacial score (nSPS) is 15.9. The molecule has 1 heterocycles. The van der Waals surface area contributed by atoms with Gasteiger partial charge in [0.2, 0.25) is 5.91 Å². The molecule has 5 heteroatoms. The van der Waals surface area contributed by atoms with Crippen LogP contribution in [0.2, 0.25) is 0 Å². The first-order valence-electron chi connectivity index (χ1n) is 6.48. The summed E-state index contributed by atoms with van der Waals surface area (Å²) >= 11 is 0. The Balaban J connectivity index is 1.69. The molecule has 1 saturated heterocycles. The number of nitrogens with one attached hydrogen (secondary N) is 1. The molecule has 1 aliphatic heterocycles. The molecule has 1 amide bonds. The fourth-order valence-electron chi connectivity index (χ4n) is 2.18. The number of aliphatic hydroxyl groups excluding tert-OH is 1.